The van der Waals surface area contributed by atoms with E-state index in [2.05, 4.69) is 30.1 Å². The molecule has 2 nitrogen and oxygen atoms in total. The van der Waals surface area contributed by atoms with E-state index in [1.807, 2.05) is 0 Å². The predicted octanol–water partition coefficient (Wildman–Crippen LogP) is 2.60. The standard InChI is InChI=1S/C13H23NOS/c1-2-16-13-6-5-12(8-13)14-9-11-4-3-7-15-10-11/h4,12-14H,2-3,5-10H2,1H3. The van der Waals surface area contributed by atoms with Crippen LogP contribution >= 0.6 is 11.8 Å². The smallest absolute Gasteiger partial charge is 0.0689 e. The Morgan fingerprint density at radius 2 is 2.44 bits per heavy atom. The lowest BCUT2D eigenvalue weighted by Crippen LogP contribution is -2.30. The van der Waals surface area contributed by atoms with Gasteiger partial charge in [0, 0.05) is 17.8 Å². The summed E-state index contributed by atoms with van der Waals surface area (Å²) in [5.41, 5.74) is 1.44. The number of ether oxygens (including phenoxy) is 1. The van der Waals surface area contributed by atoms with Crippen LogP contribution in [0.3, 0.4) is 0 Å². The molecule has 2 unspecified atom stereocenters. The molecule has 0 amide bonds. The van der Waals surface area contributed by atoms with Crippen molar-refractivity contribution in [1.29, 1.82) is 0 Å². The number of hydrogen-bond donors (Lipinski definition) is 1. The zero-order chi connectivity index (χ0) is 11.2. The molecule has 2 atom stereocenters. The lowest BCUT2D eigenvalue weighted by atomic mass is 10.1. The van der Waals surface area contributed by atoms with E-state index in [1.54, 1.807) is 0 Å². The fourth-order valence-corrected chi connectivity index (χ4v) is 3.66. The van der Waals surface area contributed by atoms with Crippen molar-refractivity contribution >= 4 is 11.8 Å². The molecule has 2 rings (SSSR count). The van der Waals surface area contributed by atoms with E-state index in [-0.39, 0.29) is 0 Å². The van der Waals surface area contributed by atoms with E-state index >= 15 is 0 Å². The van der Waals surface area contributed by atoms with Gasteiger partial charge in [-0.05, 0) is 37.0 Å². The summed E-state index contributed by atoms with van der Waals surface area (Å²) >= 11 is 2.12. The Morgan fingerprint density at radius 3 is 3.19 bits per heavy atom. The first-order valence-electron chi connectivity index (χ1n) is 6.49. The molecule has 0 bridgehead atoms. The maximum Gasteiger partial charge on any atom is 0.0689 e. The molecule has 3 heteroatoms. The van der Waals surface area contributed by atoms with Crippen molar-refractivity contribution in [3.05, 3.63) is 11.6 Å². The van der Waals surface area contributed by atoms with Gasteiger partial charge in [-0.15, -0.1) is 0 Å². The first kappa shape index (κ1) is 12.5. The second-order valence-electron chi connectivity index (χ2n) is 4.67. The van der Waals surface area contributed by atoms with Gasteiger partial charge < -0.3 is 10.1 Å². The molecule has 1 fully saturated rings. The molecule has 0 spiro atoms. The summed E-state index contributed by atoms with van der Waals surface area (Å²) in [6, 6.07) is 0.742. The van der Waals surface area contributed by atoms with Crippen molar-refractivity contribution in [2.24, 2.45) is 0 Å². The van der Waals surface area contributed by atoms with Crippen LogP contribution in [0, 0.1) is 0 Å². The van der Waals surface area contributed by atoms with Crippen LogP contribution < -0.4 is 5.32 Å². The molecule has 0 aromatic carbocycles. The third kappa shape index (κ3) is 3.79. The Bertz CT molecular complexity index is 242. The van der Waals surface area contributed by atoms with Crippen LogP contribution in [-0.4, -0.2) is 36.8 Å². The lowest BCUT2D eigenvalue weighted by Gasteiger charge is -2.17. The maximum absolute atomic E-state index is 5.44. The molecule has 0 aromatic rings. The molecular formula is C13H23NOS. The van der Waals surface area contributed by atoms with E-state index in [9.17, 15) is 0 Å². The summed E-state index contributed by atoms with van der Waals surface area (Å²) in [6.07, 6.45) is 7.53. The largest absolute Gasteiger partial charge is 0.377 e. The molecule has 1 N–H and O–H groups in total. The van der Waals surface area contributed by atoms with E-state index in [4.69, 9.17) is 4.74 Å². The molecule has 1 saturated carbocycles. The first-order valence-corrected chi connectivity index (χ1v) is 7.54. The van der Waals surface area contributed by atoms with Gasteiger partial charge in [-0.2, -0.15) is 11.8 Å². The van der Waals surface area contributed by atoms with E-state index in [1.165, 1.54) is 30.6 Å². The third-order valence-corrected chi connectivity index (χ3v) is 4.62. The lowest BCUT2D eigenvalue weighted by molar-refractivity contribution is 0.148. The summed E-state index contributed by atoms with van der Waals surface area (Å²) in [6.45, 7) is 5.04. The van der Waals surface area contributed by atoms with Crippen molar-refractivity contribution in [2.45, 2.75) is 43.9 Å². The molecule has 1 aliphatic heterocycles. The zero-order valence-electron chi connectivity index (χ0n) is 10.2. The molecule has 0 radical (unpaired) electrons. The second kappa shape index (κ2) is 6.67. The number of hydrogen-bond acceptors (Lipinski definition) is 3. The van der Waals surface area contributed by atoms with Crippen molar-refractivity contribution in [1.82, 2.24) is 5.32 Å². The monoisotopic (exact) mass is 241 g/mol. The zero-order valence-corrected chi connectivity index (χ0v) is 11.0. The Balaban J connectivity index is 1.65. The predicted molar refractivity (Wildman–Crippen MR) is 71.1 cm³/mol. The van der Waals surface area contributed by atoms with Crippen LogP contribution in [0.5, 0.6) is 0 Å². The van der Waals surface area contributed by atoms with Gasteiger partial charge in [-0.1, -0.05) is 13.0 Å². The maximum atomic E-state index is 5.44. The van der Waals surface area contributed by atoms with Gasteiger partial charge in [0.2, 0.25) is 0 Å². The van der Waals surface area contributed by atoms with Crippen molar-refractivity contribution in [2.75, 3.05) is 25.5 Å². The molecule has 1 aliphatic carbocycles. The average molecular weight is 241 g/mol. The Hall–Kier alpha value is 0.01000. The molecule has 0 saturated heterocycles. The average Bonchev–Trinajstić information content (AvgIpc) is 2.76. The van der Waals surface area contributed by atoms with Crippen LogP contribution in [-0.2, 0) is 4.74 Å². The molecule has 92 valence electrons. The SMILES string of the molecule is CCSC1CCC(NCC2=CCCOC2)C1. The fourth-order valence-electron chi connectivity index (χ4n) is 2.52. The van der Waals surface area contributed by atoms with Crippen LogP contribution in [0.2, 0.25) is 0 Å². The van der Waals surface area contributed by atoms with E-state index in [0.29, 0.717) is 0 Å². The molecule has 1 heterocycles. The van der Waals surface area contributed by atoms with Crippen LogP contribution in [0.25, 0.3) is 0 Å². The molecule has 2 aliphatic rings. The molecular weight excluding hydrogens is 218 g/mol. The van der Waals surface area contributed by atoms with Crippen LogP contribution in [0.15, 0.2) is 11.6 Å². The first-order chi connectivity index (χ1) is 7.88. The Kier molecular flexibility index (Phi) is 5.20. The van der Waals surface area contributed by atoms with Crippen LogP contribution in [0.4, 0.5) is 0 Å². The highest BCUT2D eigenvalue weighted by molar-refractivity contribution is 7.99. The summed E-state index contributed by atoms with van der Waals surface area (Å²) < 4.78 is 5.44. The Labute approximate surface area is 103 Å². The van der Waals surface area contributed by atoms with Gasteiger partial charge in [0.25, 0.3) is 0 Å². The highest BCUT2D eigenvalue weighted by Gasteiger charge is 2.24. The number of nitrogens with one attached hydrogen (secondary N) is 1. The van der Waals surface area contributed by atoms with Crippen molar-refractivity contribution in [3.63, 3.8) is 0 Å². The summed E-state index contributed by atoms with van der Waals surface area (Å²) in [7, 11) is 0. The second-order valence-corrected chi connectivity index (χ2v) is 6.25. The van der Waals surface area contributed by atoms with Crippen molar-refractivity contribution in [3.8, 4) is 0 Å². The quantitative estimate of drug-likeness (QED) is 0.748. The van der Waals surface area contributed by atoms with Gasteiger partial charge in [0.05, 0.1) is 13.2 Å². The van der Waals surface area contributed by atoms with Gasteiger partial charge in [-0.3, -0.25) is 0 Å². The Morgan fingerprint density at radius 1 is 1.50 bits per heavy atom. The van der Waals surface area contributed by atoms with Gasteiger partial charge in [-0.25, -0.2) is 0 Å². The number of thioether (sulfide) groups is 1. The summed E-state index contributed by atoms with van der Waals surface area (Å²) in [5, 5.41) is 4.58. The van der Waals surface area contributed by atoms with Crippen molar-refractivity contribution < 1.29 is 4.74 Å². The highest BCUT2D eigenvalue weighted by Crippen LogP contribution is 2.29. The van der Waals surface area contributed by atoms with Crippen LogP contribution in [0.1, 0.15) is 32.6 Å². The van der Waals surface area contributed by atoms with E-state index < -0.39 is 0 Å². The van der Waals surface area contributed by atoms with E-state index in [0.717, 1.165) is 37.5 Å². The summed E-state index contributed by atoms with van der Waals surface area (Å²) in [4.78, 5) is 0. The highest BCUT2D eigenvalue weighted by atomic mass is 32.2. The minimum Gasteiger partial charge on any atom is -0.377 e. The fraction of sp³-hybridized carbons (Fsp3) is 0.846. The van der Waals surface area contributed by atoms with Gasteiger partial charge >= 0.3 is 0 Å². The normalized spacial score (nSPS) is 30.4. The third-order valence-electron chi connectivity index (χ3n) is 3.39. The van der Waals surface area contributed by atoms with Gasteiger partial charge in [0.15, 0.2) is 0 Å². The molecule has 0 aromatic heterocycles. The summed E-state index contributed by atoms with van der Waals surface area (Å²) in [5.74, 6) is 1.26. The minimum atomic E-state index is 0.742. The topological polar surface area (TPSA) is 21.3 Å². The number of rotatable bonds is 5. The minimum absolute atomic E-state index is 0.742. The van der Waals surface area contributed by atoms with Gasteiger partial charge in [0.1, 0.15) is 0 Å². The molecule has 16 heavy (non-hydrogen) atoms.